The van der Waals surface area contributed by atoms with Crippen LogP contribution in [0.5, 0.6) is 5.75 Å². The van der Waals surface area contributed by atoms with Crippen LogP contribution in [0.25, 0.3) is 0 Å². The quantitative estimate of drug-likeness (QED) is 0.833. The molecule has 0 saturated heterocycles. The maximum absolute atomic E-state index is 14.1. The molecule has 3 N–H and O–H groups in total. The third-order valence-corrected chi connectivity index (χ3v) is 3.83. The summed E-state index contributed by atoms with van der Waals surface area (Å²) in [6.45, 7) is 3.93. The van der Waals surface area contributed by atoms with E-state index in [9.17, 15) is 4.39 Å². The van der Waals surface area contributed by atoms with E-state index in [1.54, 1.807) is 12.1 Å². The summed E-state index contributed by atoms with van der Waals surface area (Å²) in [7, 11) is 0. The highest BCUT2D eigenvalue weighted by Gasteiger charge is 2.39. The van der Waals surface area contributed by atoms with Crippen LogP contribution < -0.4 is 15.8 Å². The zero-order chi connectivity index (χ0) is 14.5. The Balaban J connectivity index is 2.07. The van der Waals surface area contributed by atoms with Crippen molar-refractivity contribution in [3.8, 4) is 5.75 Å². The van der Waals surface area contributed by atoms with Crippen LogP contribution in [-0.2, 0) is 5.85 Å². The zero-order valence-electron chi connectivity index (χ0n) is 11.1. The van der Waals surface area contributed by atoms with Gasteiger partial charge in [-0.1, -0.05) is 22.0 Å². The van der Waals surface area contributed by atoms with Crippen molar-refractivity contribution in [1.82, 2.24) is 0 Å². The molecule has 2 aromatic rings. The number of aryl methyl sites for hydroxylation is 2. The monoisotopic (exact) mass is 336 g/mol. The highest BCUT2D eigenvalue weighted by molar-refractivity contribution is 9.10. The van der Waals surface area contributed by atoms with Crippen LogP contribution in [0.4, 0.5) is 10.1 Å². The minimum atomic E-state index is -1.38. The molecule has 0 aromatic heterocycles. The van der Waals surface area contributed by atoms with E-state index in [0.717, 1.165) is 16.8 Å². The summed E-state index contributed by atoms with van der Waals surface area (Å²) in [6.07, 6.45) is 0. The van der Waals surface area contributed by atoms with Gasteiger partial charge in [-0.2, -0.15) is 0 Å². The molecule has 1 aliphatic heterocycles. The number of ether oxygens (including phenoxy) is 1. The fraction of sp³-hybridized carbons (Fsp3) is 0.200. The molecule has 0 saturated carbocycles. The maximum Gasteiger partial charge on any atom is 0.266 e. The van der Waals surface area contributed by atoms with Crippen LogP contribution >= 0.6 is 15.9 Å². The number of hydrogen-bond donors (Lipinski definition) is 2. The van der Waals surface area contributed by atoms with E-state index in [0.29, 0.717) is 10.2 Å². The van der Waals surface area contributed by atoms with Gasteiger partial charge in [0.15, 0.2) is 5.75 Å². The molecular formula is C15H14BrFN2O. The summed E-state index contributed by atoms with van der Waals surface area (Å²) in [5.74, 6) is -1.14. The lowest BCUT2D eigenvalue weighted by Gasteiger charge is -2.25. The van der Waals surface area contributed by atoms with Gasteiger partial charge in [-0.3, -0.25) is 5.73 Å². The average Bonchev–Trinajstić information content (AvgIpc) is 2.66. The largest absolute Gasteiger partial charge is 0.448 e. The van der Waals surface area contributed by atoms with Crippen molar-refractivity contribution in [3.63, 3.8) is 0 Å². The SMILES string of the molecule is Cc1cc(C)c2c(c1)NC(N)(c1ccc(Br)cc1F)O2. The van der Waals surface area contributed by atoms with Gasteiger partial charge in [0.05, 0.1) is 11.3 Å². The minimum absolute atomic E-state index is 0.272. The Kier molecular flexibility index (Phi) is 2.99. The van der Waals surface area contributed by atoms with E-state index in [1.807, 2.05) is 26.0 Å². The summed E-state index contributed by atoms with van der Waals surface area (Å²) < 4.78 is 20.6. The van der Waals surface area contributed by atoms with Gasteiger partial charge in [-0.05, 0) is 49.2 Å². The van der Waals surface area contributed by atoms with Crippen molar-refractivity contribution in [2.45, 2.75) is 19.7 Å². The summed E-state index contributed by atoms with van der Waals surface area (Å²) in [5, 5.41) is 3.07. The predicted octanol–water partition coefficient (Wildman–Crippen LogP) is 3.78. The first-order valence-electron chi connectivity index (χ1n) is 6.22. The van der Waals surface area contributed by atoms with Crippen molar-refractivity contribution >= 4 is 21.6 Å². The zero-order valence-corrected chi connectivity index (χ0v) is 12.7. The van der Waals surface area contributed by atoms with Gasteiger partial charge in [-0.25, -0.2) is 4.39 Å². The van der Waals surface area contributed by atoms with Crippen molar-refractivity contribution in [3.05, 3.63) is 57.3 Å². The number of hydrogen-bond acceptors (Lipinski definition) is 3. The molecule has 3 nitrogen and oxygen atoms in total. The van der Waals surface area contributed by atoms with E-state index >= 15 is 0 Å². The molecule has 0 aliphatic carbocycles. The molecule has 2 aromatic carbocycles. The molecule has 20 heavy (non-hydrogen) atoms. The number of halogens is 2. The van der Waals surface area contributed by atoms with Crippen LogP contribution in [0.15, 0.2) is 34.8 Å². The number of fused-ring (bicyclic) bond motifs is 1. The van der Waals surface area contributed by atoms with Crippen LogP contribution in [0.3, 0.4) is 0 Å². The molecular weight excluding hydrogens is 323 g/mol. The van der Waals surface area contributed by atoms with E-state index in [2.05, 4.69) is 21.2 Å². The molecule has 1 atom stereocenters. The number of nitrogens with two attached hydrogens (primary N) is 1. The van der Waals surface area contributed by atoms with Crippen molar-refractivity contribution in [2.24, 2.45) is 5.73 Å². The summed E-state index contributed by atoms with van der Waals surface area (Å²) in [6, 6.07) is 8.66. The van der Waals surface area contributed by atoms with Crippen molar-refractivity contribution in [1.29, 1.82) is 0 Å². The molecule has 1 aliphatic rings. The maximum atomic E-state index is 14.1. The van der Waals surface area contributed by atoms with Gasteiger partial charge in [0.2, 0.25) is 0 Å². The van der Waals surface area contributed by atoms with E-state index in [-0.39, 0.29) is 5.56 Å². The van der Waals surface area contributed by atoms with Gasteiger partial charge in [-0.15, -0.1) is 0 Å². The first-order chi connectivity index (χ1) is 9.39. The van der Waals surface area contributed by atoms with E-state index in [4.69, 9.17) is 10.5 Å². The highest BCUT2D eigenvalue weighted by atomic mass is 79.9. The average molecular weight is 337 g/mol. The standard InChI is InChI=1S/C15H14BrFN2O/c1-8-5-9(2)14-13(6-8)19-15(18,20-14)11-4-3-10(16)7-12(11)17/h3-7,19H,18H2,1-2H3. The van der Waals surface area contributed by atoms with Gasteiger partial charge >= 0.3 is 0 Å². The van der Waals surface area contributed by atoms with Gasteiger partial charge in [0.25, 0.3) is 5.85 Å². The normalized spacial score (nSPS) is 20.2. The van der Waals surface area contributed by atoms with Gasteiger partial charge < -0.3 is 10.1 Å². The van der Waals surface area contributed by atoms with Crippen LogP contribution in [0.1, 0.15) is 16.7 Å². The molecule has 1 unspecified atom stereocenters. The Hall–Kier alpha value is -1.59. The molecule has 0 bridgehead atoms. The smallest absolute Gasteiger partial charge is 0.266 e. The Labute approximate surface area is 125 Å². The van der Waals surface area contributed by atoms with E-state index in [1.165, 1.54) is 6.07 Å². The molecule has 5 heteroatoms. The Morgan fingerprint density at radius 2 is 2.00 bits per heavy atom. The summed E-state index contributed by atoms with van der Waals surface area (Å²) in [5.41, 5.74) is 9.33. The fourth-order valence-electron chi connectivity index (χ4n) is 2.48. The fourth-order valence-corrected chi connectivity index (χ4v) is 2.82. The van der Waals surface area contributed by atoms with Crippen LogP contribution in [0, 0.1) is 19.7 Å². The van der Waals surface area contributed by atoms with Crippen molar-refractivity contribution < 1.29 is 9.13 Å². The Morgan fingerprint density at radius 1 is 1.25 bits per heavy atom. The summed E-state index contributed by atoms with van der Waals surface area (Å²) in [4.78, 5) is 0. The lowest BCUT2D eigenvalue weighted by Crippen LogP contribution is -2.47. The second-order valence-corrected chi connectivity index (χ2v) is 5.96. The number of rotatable bonds is 1. The molecule has 0 fully saturated rings. The molecule has 0 spiro atoms. The summed E-state index contributed by atoms with van der Waals surface area (Å²) >= 11 is 3.23. The number of benzene rings is 2. The molecule has 0 amide bonds. The first kappa shape index (κ1) is 13.4. The molecule has 1 heterocycles. The third-order valence-electron chi connectivity index (χ3n) is 3.33. The van der Waals surface area contributed by atoms with E-state index < -0.39 is 11.7 Å². The second kappa shape index (κ2) is 4.46. The van der Waals surface area contributed by atoms with Crippen LogP contribution in [0.2, 0.25) is 0 Å². The lowest BCUT2D eigenvalue weighted by atomic mass is 10.1. The minimum Gasteiger partial charge on any atom is -0.448 e. The number of anilines is 1. The highest BCUT2D eigenvalue weighted by Crippen LogP contribution is 2.42. The Bertz CT molecular complexity index is 705. The first-order valence-corrected chi connectivity index (χ1v) is 7.01. The topological polar surface area (TPSA) is 47.3 Å². The second-order valence-electron chi connectivity index (χ2n) is 5.05. The lowest BCUT2D eigenvalue weighted by molar-refractivity contribution is 0.120. The number of nitrogens with one attached hydrogen (secondary N) is 1. The van der Waals surface area contributed by atoms with Crippen molar-refractivity contribution in [2.75, 3.05) is 5.32 Å². The molecule has 3 rings (SSSR count). The predicted molar refractivity (Wildman–Crippen MR) is 80.1 cm³/mol. The van der Waals surface area contributed by atoms with Gasteiger partial charge in [0, 0.05) is 4.47 Å². The van der Waals surface area contributed by atoms with Crippen LogP contribution in [-0.4, -0.2) is 0 Å². The Morgan fingerprint density at radius 3 is 2.70 bits per heavy atom. The molecule has 0 radical (unpaired) electrons. The third kappa shape index (κ3) is 2.07. The molecule has 104 valence electrons. The van der Waals surface area contributed by atoms with Gasteiger partial charge in [0.1, 0.15) is 5.82 Å².